The highest BCUT2D eigenvalue weighted by molar-refractivity contribution is 7.60. The number of rotatable bonds is 12. The molecule has 40 heavy (non-hydrogen) atoms. The summed E-state index contributed by atoms with van der Waals surface area (Å²) in [5.74, 6) is -0.607. The van der Waals surface area contributed by atoms with Crippen molar-refractivity contribution >= 4 is 26.6 Å². The van der Waals surface area contributed by atoms with Crippen molar-refractivity contribution in [3.8, 4) is 5.75 Å². The predicted molar refractivity (Wildman–Crippen MR) is 121 cm³/mol. The number of fused-ring (bicyclic) bond motifs is 1. The summed E-state index contributed by atoms with van der Waals surface area (Å²) in [5, 5.41) is 24.0. The maximum Gasteiger partial charge on any atom is 0.573 e. The Hall–Kier alpha value is -2.90. The summed E-state index contributed by atoms with van der Waals surface area (Å²) < 4.78 is 82.5. The molecule has 0 radical (unpaired) electrons. The van der Waals surface area contributed by atoms with E-state index >= 15 is 0 Å². The molecule has 2 heterocycles. The van der Waals surface area contributed by atoms with Crippen LogP contribution in [-0.2, 0) is 29.2 Å². The van der Waals surface area contributed by atoms with E-state index in [9.17, 15) is 47.0 Å². The number of hydrogen-bond acceptors (Lipinski definition) is 12. The molecule has 0 aliphatic carbocycles. The third-order valence-corrected chi connectivity index (χ3v) is 6.99. The molecule has 0 fully saturated rings. The lowest BCUT2D eigenvalue weighted by atomic mass is 10.2. The number of benzene rings is 1. The average Bonchev–Trinajstić information content (AvgIpc) is 3.18. The van der Waals surface area contributed by atoms with Crippen LogP contribution in [0.3, 0.4) is 0 Å². The second-order valence-electron chi connectivity index (χ2n) is 7.84. The Morgan fingerprint density at radius 1 is 1.12 bits per heavy atom. The maximum atomic E-state index is 12.9. The number of nitrogens with zero attached hydrogens (tertiary/aromatic N) is 3. The molecule has 0 aliphatic heterocycles. The summed E-state index contributed by atoms with van der Waals surface area (Å²) in [5.41, 5.74) is -2.31. The Bertz CT molecular complexity index is 1560. The minimum absolute atomic E-state index is 0.0556. The van der Waals surface area contributed by atoms with Gasteiger partial charge in [-0.15, -0.1) is 13.2 Å². The molecule has 3 aromatic rings. The van der Waals surface area contributed by atoms with Crippen LogP contribution in [0.15, 0.2) is 44.6 Å². The summed E-state index contributed by atoms with van der Waals surface area (Å²) in [4.78, 5) is 51.9. The lowest BCUT2D eigenvalue weighted by molar-refractivity contribution is -0.274. The second-order valence-corrected chi connectivity index (χ2v) is 10.7. The summed E-state index contributed by atoms with van der Waals surface area (Å²) in [6, 6.07) is 3.82. The topological polar surface area (TPSA) is 242 Å². The standard InChI is InChI=1S/C18H20F3N3O14P2/c1-9(25)14(8-34-40(32,33)38-39(29,30)31)35-17(28)23-5-4-15(26)24(16(23)27)7-12-11-3-2-10(36-18(19,20)21)6-13(11)37-22-12/h2-6,9,14,17,25,28H,7-8H2,1H3,(H,32,33)(H2,29,30,31)/t9-,14-,17+/m1/s1. The fourth-order valence-electron chi connectivity index (χ4n) is 3.12. The van der Waals surface area contributed by atoms with Crippen LogP contribution >= 0.6 is 15.6 Å². The number of aliphatic hydroxyl groups is 2. The van der Waals surface area contributed by atoms with Crippen LogP contribution in [0.2, 0.25) is 0 Å². The summed E-state index contributed by atoms with van der Waals surface area (Å²) in [7, 11) is -10.8. The quantitative estimate of drug-likeness (QED) is 0.137. The van der Waals surface area contributed by atoms with E-state index in [-0.39, 0.29) is 16.7 Å². The Balaban J connectivity index is 1.81. The lowest BCUT2D eigenvalue weighted by Gasteiger charge is -2.25. The summed E-state index contributed by atoms with van der Waals surface area (Å²) >= 11 is 0. The van der Waals surface area contributed by atoms with E-state index in [1.54, 1.807) is 0 Å². The highest BCUT2D eigenvalue weighted by Gasteiger charge is 2.35. The molecule has 3 rings (SSSR count). The zero-order valence-electron chi connectivity index (χ0n) is 19.8. The number of phosphoric ester groups is 1. The SMILES string of the molecule is C[C@@H](O)[C@@H](COP(=O)(O)OP(=O)(O)O)O[C@H](O)n1ccc(=O)n(Cc2noc3cc(OC(F)(F)F)ccc23)c1=O. The molecule has 1 aromatic carbocycles. The van der Waals surface area contributed by atoms with E-state index in [4.69, 9.17) is 19.0 Å². The predicted octanol–water partition coefficient (Wildman–Crippen LogP) is 0.539. The molecule has 22 heteroatoms. The molecule has 5 N–H and O–H groups in total. The molecule has 1 unspecified atom stereocenters. The zero-order valence-corrected chi connectivity index (χ0v) is 21.6. The molecule has 0 amide bonds. The number of aromatic nitrogens is 3. The van der Waals surface area contributed by atoms with E-state index in [0.29, 0.717) is 9.13 Å². The van der Waals surface area contributed by atoms with Crippen molar-refractivity contribution in [1.82, 2.24) is 14.3 Å². The van der Waals surface area contributed by atoms with Gasteiger partial charge in [0, 0.05) is 23.7 Å². The first-order chi connectivity index (χ1) is 18.3. The van der Waals surface area contributed by atoms with Gasteiger partial charge in [0.25, 0.3) is 5.56 Å². The van der Waals surface area contributed by atoms with E-state index < -0.39 is 70.8 Å². The normalized spacial score (nSPS) is 16.4. The van der Waals surface area contributed by atoms with Crippen molar-refractivity contribution in [3.63, 3.8) is 0 Å². The molecule has 4 atom stereocenters. The molecule has 0 bridgehead atoms. The molecule has 0 spiro atoms. The number of phosphoric acid groups is 2. The van der Waals surface area contributed by atoms with E-state index in [1.807, 2.05) is 0 Å². The molecule has 17 nitrogen and oxygen atoms in total. The van der Waals surface area contributed by atoms with E-state index in [2.05, 4.69) is 18.7 Å². The Kier molecular flexibility index (Phi) is 9.42. The Labute approximate surface area is 219 Å². The molecule has 0 saturated heterocycles. The van der Waals surface area contributed by atoms with Crippen LogP contribution in [0.4, 0.5) is 13.2 Å². The number of hydrogen-bond donors (Lipinski definition) is 5. The van der Waals surface area contributed by atoms with Gasteiger partial charge in [-0.25, -0.2) is 13.9 Å². The molecule has 0 saturated carbocycles. The fourth-order valence-corrected chi connectivity index (χ4v) is 4.72. The summed E-state index contributed by atoms with van der Waals surface area (Å²) in [6.45, 7) is -0.562. The largest absolute Gasteiger partial charge is 0.573 e. The van der Waals surface area contributed by atoms with Crippen LogP contribution in [0.5, 0.6) is 5.75 Å². The Morgan fingerprint density at radius 3 is 2.40 bits per heavy atom. The minimum Gasteiger partial charge on any atom is -0.406 e. The monoisotopic (exact) mass is 621 g/mol. The first-order valence-corrected chi connectivity index (χ1v) is 13.6. The van der Waals surface area contributed by atoms with Gasteiger partial charge in [-0.1, -0.05) is 5.16 Å². The second kappa shape index (κ2) is 11.9. The van der Waals surface area contributed by atoms with Gasteiger partial charge in [-0.05, 0) is 19.1 Å². The third-order valence-electron chi connectivity index (χ3n) is 4.84. The zero-order chi connectivity index (χ0) is 30.0. The number of halogens is 3. The van der Waals surface area contributed by atoms with Crippen LogP contribution in [0.1, 0.15) is 19.0 Å². The highest BCUT2D eigenvalue weighted by atomic mass is 31.3. The molecule has 222 valence electrons. The summed E-state index contributed by atoms with van der Waals surface area (Å²) in [6.07, 6.45) is -9.65. The van der Waals surface area contributed by atoms with Crippen molar-refractivity contribution in [2.24, 2.45) is 0 Å². The number of alkyl halides is 3. The first kappa shape index (κ1) is 31.6. The molecular formula is C18H20F3N3O14P2. The number of aliphatic hydroxyl groups excluding tert-OH is 2. The van der Waals surface area contributed by atoms with Crippen molar-refractivity contribution in [1.29, 1.82) is 0 Å². The number of ether oxygens (including phenoxy) is 2. The van der Waals surface area contributed by atoms with Gasteiger partial charge in [0.15, 0.2) is 5.58 Å². The van der Waals surface area contributed by atoms with Gasteiger partial charge >= 0.3 is 27.7 Å². The van der Waals surface area contributed by atoms with Gasteiger partial charge in [0.2, 0.25) is 6.41 Å². The van der Waals surface area contributed by atoms with Gasteiger partial charge in [0.1, 0.15) is 17.5 Å². The smallest absolute Gasteiger partial charge is 0.406 e. The fraction of sp³-hybridized carbons (Fsp3) is 0.389. The lowest BCUT2D eigenvalue weighted by Crippen LogP contribution is -2.43. The van der Waals surface area contributed by atoms with Gasteiger partial charge in [-0.3, -0.25) is 18.5 Å². The van der Waals surface area contributed by atoms with Crippen molar-refractivity contribution in [2.75, 3.05) is 6.61 Å². The maximum absolute atomic E-state index is 12.9. The van der Waals surface area contributed by atoms with Crippen molar-refractivity contribution in [3.05, 3.63) is 57.0 Å². The molecule has 2 aromatic heterocycles. The van der Waals surface area contributed by atoms with Crippen molar-refractivity contribution < 1.29 is 70.0 Å². The van der Waals surface area contributed by atoms with Gasteiger partial charge in [0.05, 0.1) is 19.3 Å². The van der Waals surface area contributed by atoms with Gasteiger partial charge in [-0.2, -0.15) is 4.31 Å². The van der Waals surface area contributed by atoms with E-state index in [0.717, 1.165) is 37.4 Å². The average molecular weight is 621 g/mol. The van der Waals surface area contributed by atoms with Crippen LogP contribution in [-0.4, -0.2) is 64.4 Å². The van der Waals surface area contributed by atoms with Gasteiger partial charge < -0.3 is 38.9 Å². The first-order valence-electron chi connectivity index (χ1n) is 10.6. The van der Waals surface area contributed by atoms with Crippen LogP contribution < -0.4 is 16.0 Å². The molecule has 0 aliphatic rings. The minimum atomic E-state index is -5.45. The van der Waals surface area contributed by atoms with E-state index in [1.165, 1.54) is 0 Å². The third kappa shape index (κ3) is 8.55. The van der Waals surface area contributed by atoms with Crippen LogP contribution in [0, 0.1) is 0 Å². The van der Waals surface area contributed by atoms with Crippen LogP contribution in [0.25, 0.3) is 11.0 Å². The van der Waals surface area contributed by atoms with Crippen molar-refractivity contribution in [2.45, 2.75) is 38.5 Å². The molecular weight excluding hydrogens is 601 g/mol. The highest BCUT2D eigenvalue weighted by Crippen LogP contribution is 2.57. The Morgan fingerprint density at radius 2 is 1.80 bits per heavy atom.